The van der Waals surface area contributed by atoms with Gasteiger partial charge in [-0.15, -0.1) is 11.3 Å². The van der Waals surface area contributed by atoms with Crippen molar-refractivity contribution in [1.29, 1.82) is 0 Å². The van der Waals surface area contributed by atoms with Crippen molar-refractivity contribution < 1.29 is 9.90 Å². The lowest BCUT2D eigenvalue weighted by Crippen LogP contribution is -1.97. The van der Waals surface area contributed by atoms with Crippen LogP contribution in [0.25, 0.3) is 0 Å². The highest BCUT2D eigenvalue weighted by Crippen LogP contribution is 2.48. The summed E-state index contributed by atoms with van der Waals surface area (Å²) in [7, 11) is 0. The third-order valence-electron chi connectivity index (χ3n) is 2.02. The summed E-state index contributed by atoms with van der Waals surface area (Å²) in [5.74, 6) is -0.440. The fraction of sp³-hybridized carbons (Fsp3) is 0.375. The van der Waals surface area contributed by atoms with Gasteiger partial charge in [-0.25, -0.2) is 0 Å². The SMILES string of the molecule is O=C(O)[C@H]1C[C@H]1c1cccs1. The molecule has 2 nitrogen and oxygen atoms in total. The molecule has 1 heterocycles. The molecular weight excluding hydrogens is 160 g/mol. The molecule has 1 N–H and O–H groups in total. The minimum atomic E-state index is -0.650. The van der Waals surface area contributed by atoms with Gasteiger partial charge in [0.2, 0.25) is 0 Å². The minimum absolute atomic E-state index is 0.103. The molecule has 0 radical (unpaired) electrons. The van der Waals surface area contributed by atoms with Gasteiger partial charge in [0.25, 0.3) is 0 Å². The summed E-state index contributed by atoms with van der Waals surface area (Å²) in [5.41, 5.74) is 0. The zero-order valence-electron chi connectivity index (χ0n) is 5.86. The van der Waals surface area contributed by atoms with Crippen LogP contribution in [0.15, 0.2) is 17.5 Å². The molecule has 0 amide bonds. The van der Waals surface area contributed by atoms with E-state index in [4.69, 9.17) is 5.11 Å². The second kappa shape index (κ2) is 2.34. The maximum absolute atomic E-state index is 10.5. The molecular formula is C8H8O2S. The number of hydrogen-bond acceptors (Lipinski definition) is 2. The number of carboxylic acid groups (broad SMARTS) is 1. The number of carboxylic acids is 1. The van der Waals surface area contributed by atoms with Gasteiger partial charge in [0, 0.05) is 10.8 Å². The number of hydrogen-bond donors (Lipinski definition) is 1. The van der Waals surface area contributed by atoms with Gasteiger partial charge in [0.05, 0.1) is 5.92 Å². The molecule has 1 saturated carbocycles. The van der Waals surface area contributed by atoms with Crippen LogP contribution in [0.1, 0.15) is 17.2 Å². The van der Waals surface area contributed by atoms with Crippen molar-refractivity contribution >= 4 is 17.3 Å². The van der Waals surface area contributed by atoms with E-state index in [1.807, 2.05) is 17.5 Å². The average Bonchev–Trinajstić information content (AvgIpc) is 2.60. The van der Waals surface area contributed by atoms with Crippen molar-refractivity contribution in [2.45, 2.75) is 12.3 Å². The second-order valence-corrected chi connectivity index (χ2v) is 3.78. The molecule has 0 spiro atoms. The molecule has 58 valence electrons. The molecule has 0 saturated heterocycles. The Morgan fingerprint density at radius 2 is 2.55 bits per heavy atom. The molecule has 0 aliphatic heterocycles. The van der Waals surface area contributed by atoms with Crippen molar-refractivity contribution in [3.63, 3.8) is 0 Å². The lowest BCUT2D eigenvalue weighted by atomic mass is 10.3. The van der Waals surface area contributed by atoms with Crippen LogP contribution in [0.5, 0.6) is 0 Å². The fourth-order valence-electron chi connectivity index (χ4n) is 1.28. The van der Waals surface area contributed by atoms with Gasteiger partial charge in [-0.3, -0.25) is 4.79 Å². The third kappa shape index (κ3) is 1.16. The topological polar surface area (TPSA) is 37.3 Å². The smallest absolute Gasteiger partial charge is 0.307 e. The van der Waals surface area contributed by atoms with Crippen molar-refractivity contribution in [3.8, 4) is 0 Å². The summed E-state index contributed by atoms with van der Waals surface area (Å²) in [6, 6.07) is 3.98. The normalized spacial score (nSPS) is 28.4. The summed E-state index contributed by atoms with van der Waals surface area (Å²) in [6.07, 6.45) is 0.829. The highest BCUT2D eigenvalue weighted by atomic mass is 32.1. The molecule has 0 bridgehead atoms. The van der Waals surface area contributed by atoms with E-state index in [1.54, 1.807) is 11.3 Å². The fourth-order valence-corrected chi connectivity index (χ4v) is 2.19. The lowest BCUT2D eigenvalue weighted by molar-refractivity contribution is -0.138. The Bertz CT molecular complexity index is 266. The van der Waals surface area contributed by atoms with E-state index in [-0.39, 0.29) is 5.92 Å². The molecule has 2 atom stereocenters. The lowest BCUT2D eigenvalue weighted by Gasteiger charge is -1.88. The summed E-state index contributed by atoms with van der Waals surface area (Å²) in [4.78, 5) is 11.7. The second-order valence-electron chi connectivity index (χ2n) is 2.80. The molecule has 1 fully saturated rings. The third-order valence-corrected chi connectivity index (χ3v) is 3.02. The Kier molecular flexibility index (Phi) is 1.46. The summed E-state index contributed by atoms with van der Waals surface area (Å²) >= 11 is 1.65. The maximum atomic E-state index is 10.5. The van der Waals surface area contributed by atoms with Crippen molar-refractivity contribution in [2.24, 2.45) is 5.92 Å². The van der Waals surface area contributed by atoms with Crippen LogP contribution in [0, 0.1) is 5.92 Å². The zero-order chi connectivity index (χ0) is 7.84. The number of rotatable bonds is 2. The Hall–Kier alpha value is -0.830. The molecule has 11 heavy (non-hydrogen) atoms. The van der Waals surface area contributed by atoms with E-state index in [0.717, 1.165) is 6.42 Å². The first-order valence-electron chi connectivity index (χ1n) is 3.55. The largest absolute Gasteiger partial charge is 0.481 e. The van der Waals surface area contributed by atoms with Gasteiger partial charge in [-0.2, -0.15) is 0 Å². The first-order valence-corrected chi connectivity index (χ1v) is 4.43. The summed E-state index contributed by atoms with van der Waals surface area (Å²) in [6.45, 7) is 0. The maximum Gasteiger partial charge on any atom is 0.307 e. The summed E-state index contributed by atoms with van der Waals surface area (Å²) in [5, 5.41) is 10.6. The van der Waals surface area contributed by atoms with E-state index in [9.17, 15) is 4.79 Å². The Balaban J connectivity index is 2.08. The molecule has 0 aromatic carbocycles. The molecule has 1 aromatic rings. The van der Waals surface area contributed by atoms with Gasteiger partial charge >= 0.3 is 5.97 Å². The monoisotopic (exact) mass is 168 g/mol. The van der Waals surface area contributed by atoms with Crippen molar-refractivity contribution in [1.82, 2.24) is 0 Å². The first kappa shape index (κ1) is 6.85. The van der Waals surface area contributed by atoms with Gasteiger partial charge in [-0.05, 0) is 17.9 Å². The van der Waals surface area contributed by atoms with Crippen molar-refractivity contribution in [2.75, 3.05) is 0 Å². The number of thiophene rings is 1. The zero-order valence-corrected chi connectivity index (χ0v) is 6.67. The molecule has 1 aliphatic rings. The molecule has 0 unspecified atom stereocenters. The standard InChI is InChI=1S/C8H8O2S/c9-8(10)6-4-5(6)7-2-1-3-11-7/h1-3,5-6H,4H2,(H,9,10)/t5-,6+/m1/s1. The van der Waals surface area contributed by atoms with E-state index < -0.39 is 5.97 Å². The van der Waals surface area contributed by atoms with Gasteiger partial charge in [0.15, 0.2) is 0 Å². The van der Waals surface area contributed by atoms with Gasteiger partial charge in [0.1, 0.15) is 0 Å². The van der Waals surface area contributed by atoms with Gasteiger partial charge < -0.3 is 5.11 Å². The average molecular weight is 168 g/mol. The Morgan fingerprint density at radius 1 is 1.73 bits per heavy atom. The number of aliphatic carboxylic acids is 1. The summed E-state index contributed by atoms with van der Waals surface area (Å²) < 4.78 is 0. The van der Waals surface area contributed by atoms with E-state index in [1.165, 1.54) is 4.88 Å². The van der Waals surface area contributed by atoms with E-state index in [0.29, 0.717) is 5.92 Å². The van der Waals surface area contributed by atoms with Crippen LogP contribution in [0.3, 0.4) is 0 Å². The van der Waals surface area contributed by atoms with Crippen LogP contribution >= 0.6 is 11.3 Å². The Labute approximate surface area is 68.5 Å². The highest BCUT2D eigenvalue weighted by Gasteiger charge is 2.44. The van der Waals surface area contributed by atoms with Gasteiger partial charge in [-0.1, -0.05) is 6.07 Å². The van der Waals surface area contributed by atoms with E-state index in [2.05, 4.69) is 0 Å². The minimum Gasteiger partial charge on any atom is -0.481 e. The van der Waals surface area contributed by atoms with Crippen LogP contribution in [-0.4, -0.2) is 11.1 Å². The van der Waals surface area contributed by atoms with Crippen LogP contribution in [0.2, 0.25) is 0 Å². The van der Waals surface area contributed by atoms with Crippen LogP contribution in [0.4, 0.5) is 0 Å². The van der Waals surface area contributed by atoms with Crippen LogP contribution in [-0.2, 0) is 4.79 Å². The highest BCUT2D eigenvalue weighted by molar-refractivity contribution is 7.10. The van der Waals surface area contributed by atoms with E-state index >= 15 is 0 Å². The molecule has 2 rings (SSSR count). The van der Waals surface area contributed by atoms with Crippen LogP contribution < -0.4 is 0 Å². The quantitative estimate of drug-likeness (QED) is 0.732. The van der Waals surface area contributed by atoms with Crippen molar-refractivity contribution in [3.05, 3.63) is 22.4 Å². The molecule has 3 heteroatoms. The Morgan fingerprint density at radius 3 is 3.00 bits per heavy atom. The predicted molar refractivity (Wildman–Crippen MR) is 42.8 cm³/mol. The predicted octanol–water partition coefficient (Wildman–Crippen LogP) is 1.94. The molecule has 1 aromatic heterocycles. The first-order chi connectivity index (χ1) is 5.29. The number of carbonyl (C=O) groups is 1. The molecule has 1 aliphatic carbocycles.